The molecule has 1 aromatic rings. The van der Waals surface area contributed by atoms with Gasteiger partial charge in [0.15, 0.2) is 0 Å². The van der Waals surface area contributed by atoms with Crippen molar-refractivity contribution < 1.29 is 14.3 Å². The van der Waals surface area contributed by atoms with E-state index in [9.17, 15) is 9.59 Å². The van der Waals surface area contributed by atoms with Gasteiger partial charge in [-0.25, -0.2) is 0 Å². The third kappa shape index (κ3) is 5.53. The molecule has 2 aliphatic rings. The second-order valence-electron chi connectivity index (χ2n) is 7.08. The van der Waals surface area contributed by atoms with E-state index < -0.39 is 0 Å². The standard InChI is InChI=1S/C19H27N3O3/c23-18(21-16-3-1-2-4-16)5-6-19(24)22-17-13-25-12-15(17)11-14-7-9-20-10-8-14/h7-10,15-17H,1-6,11-13H2,(H,21,23)(H,22,24)/t15-,17+/m1/s1. The molecule has 2 atom stereocenters. The van der Waals surface area contributed by atoms with Gasteiger partial charge in [-0.15, -0.1) is 0 Å². The lowest BCUT2D eigenvalue weighted by Gasteiger charge is -2.19. The van der Waals surface area contributed by atoms with E-state index in [-0.39, 0.29) is 36.6 Å². The fourth-order valence-electron chi connectivity index (χ4n) is 3.66. The summed E-state index contributed by atoms with van der Waals surface area (Å²) in [5.41, 5.74) is 1.20. The number of aromatic nitrogens is 1. The molecule has 0 aromatic carbocycles. The van der Waals surface area contributed by atoms with Crippen molar-refractivity contribution in [3.05, 3.63) is 30.1 Å². The predicted octanol–water partition coefficient (Wildman–Crippen LogP) is 1.59. The zero-order chi connectivity index (χ0) is 17.5. The molecule has 3 rings (SSSR count). The van der Waals surface area contributed by atoms with Crippen LogP contribution in [-0.4, -0.2) is 42.1 Å². The maximum atomic E-state index is 12.2. The number of rotatable bonds is 7. The molecule has 1 aliphatic carbocycles. The molecular formula is C19H27N3O3. The van der Waals surface area contributed by atoms with Gasteiger partial charge in [-0.3, -0.25) is 14.6 Å². The van der Waals surface area contributed by atoms with Crippen molar-refractivity contribution in [2.75, 3.05) is 13.2 Å². The zero-order valence-electron chi connectivity index (χ0n) is 14.6. The Morgan fingerprint density at radius 3 is 2.44 bits per heavy atom. The molecule has 25 heavy (non-hydrogen) atoms. The van der Waals surface area contributed by atoms with Gasteiger partial charge in [-0.05, 0) is 37.0 Å². The minimum Gasteiger partial charge on any atom is -0.379 e. The Kier molecular flexibility index (Phi) is 6.39. The van der Waals surface area contributed by atoms with Crippen LogP contribution in [0.1, 0.15) is 44.1 Å². The van der Waals surface area contributed by atoms with Crippen LogP contribution in [0.5, 0.6) is 0 Å². The van der Waals surface area contributed by atoms with E-state index in [0.717, 1.165) is 19.3 Å². The number of hydrogen-bond donors (Lipinski definition) is 2. The summed E-state index contributed by atoms with van der Waals surface area (Å²) in [7, 11) is 0. The van der Waals surface area contributed by atoms with Crippen LogP contribution in [0.2, 0.25) is 0 Å². The summed E-state index contributed by atoms with van der Waals surface area (Å²) in [6, 6.07) is 4.30. The molecule has 2 amide bonds. The average molecular weight is 345 g/mol. The van der Waals surface area contributed by atoms with E-state index in [1.165, 1.54) is 18.4 Å². The molecule has 0 radical (unpaired) electrons. The van der Waals surface area contributed by atoms with Crippen LogP contribution in [0.15, 0.2) is 24.5 Å². The molecule has 2 heterocycles. The summed E-state index contributed by atoms with van der Waals surface area (Å²) in [4.78, 5) is 28.1. The van der Waals surface area contributed by atoms with Gasteiger partial charge in [0.2, 0.25) is 11.8 Å². The third-order valence-electron chi connectivity index (χ3n) is 5.09. The summed E-state index contributed by atoms with van der Waals surface area (Å²) < 4.78 is 5.55. The highest BCUT2D eigenvalue weighted by Gasteiger charge is 2.29. The van der Waals surface area contributed by atoms with Crippen molar-refractivity contribution in [1.29, 1.82) is 0 Å². The molecule has 0 spiro atoms. The number of pyridine rings is 1. The van der Waals surface area contributed by atoms with Gasteiger partial charge in [-0.1, -0.05) is 12.8 Å². The maximum absolute atomic E-state index is 12.2. The van der Waals surface area contributed by atoms with Crippen LogP contribution in [0, 0.1) is 5.92 Å². The molecular weight excluding hydrogens is 318 g/mol. The summed E-state index contributed by atoms with van der Waals surface area (Å²) in [5, 5.41) is 6.06. The monoisotopic (exact) mass is 345 g/mol. The summed E-state index contributed by atoms with van der Waals surface area (Å²) in [5.74, 6) is 0.175. The van der Waals surface area contributed by atoms with Crippen molar-refractivity contribution in [3.8, 4) is 0 Å². The molecule has 1 aromatic heterocycles. The summed E-state index contributed by atoms with van der Waals surface area (Å²) in [6.07, 6.45) is 9.40. The number of amides is 2. The van der Waals surface area contributed by atoms with Crippen molar-refractivity contribution >= 4 is 11.8 Å². The van der Waals surface area contributed by atoms with Crippen LogP contribution >= 0.6 is 0 Å². The molecule has 6 nitrogen and oxygen atoms in total. The molecule has 0 unspecified atom stereocenters. The van der Waals surface area contributed by atoms with Gasteiger partial charge < -0.3 is 15.4 Å². The van der Waals surface area contributed by atoms with E-state index in [1.54, 1.807) is 12.4 Å². The van der Waals surface area contributed by atoms with Gasteiger partial charge >= 0.3 is 0 Å². The van der Waals surface area contributed by atoms with Gasteiger partial charge in [0.1, 0.15) is 0 Å². The highest BCUT2D eigenvalue weighted by atomic mass is 16.5. The first-order valence-corrected chi connectivity index (χ1v) is 9.26. The van der Waals surface area contributed by atoms with Crippen LogP contribution < -0.4 is 10.6 Å². The van der Waals surface area contributed by atoms with E-state index in [4.69, 9.17) is 4.74 Å². The van der Waals surface area contributed by atoms with Crippen LogP contribution in [-0.2, 0) is 20.7 Å². The minimum atomic E-state index is -0.0724. The van der Waals surface area contributed by atoms with Gasteiger partial charge in [0.25, 0.3) is 0 Å². The molecule has 0 bridgehead atoms. The molecule has 2 N–H and O–H groups in total. The van der Waals surface area contributed by atoms with Crippen molar-refractivity contribution in [3.63, 3.8) is 0 Å². The Hall–Kier alpha value is -1.95. The SMILES string of the molecule is O=C(CCC(=O)N[C@H]1COC[C@H]1Cc1ccncc1)NC1CCCC1. The Morgan fingerprint density at radius 2 is 1.72 bits per heavy atom. The smallest absolute Gasteiger partial charge is 0.220 e. The van der Waals surface area contributed by atoms with Crippen LogP contribution in [0.25, 0.3) is 0 Å². The van der Waals surface area contributed by atoms with Gasteiger partial charge in [0, 0.05) is 37.2 Å². The number of nitrogens with zero attached hydrogens (tertiary/aromatic N) is 1. The Labute approximate surface area is 148 Å². The lowest BCUT2D eigenvalue weighted by atomic mass is 9.95. The van der Waals surface area contributed by atoms with Crippen LogP contribution in [0.3, 0.4) is 0 Å². The topological polar surface area (TPSA) is 80.3 Å². The molecule has 1 saturated carbocycles. The summed E-state index contributed by atoms with van der Waals surface area (Å²) in [6.45, 7) is 1.19. The van der Waals surface area contributed by atoms with Gasteiger partial charge in [-0.2, -0.15) is 0 Å². The number of hydrogen-bond acceptors (Lipinski definition) is 4. The average Bonchev–Trinajstić information content (AvgIpc) is 3.27. The number of nitrogens with one attached hydrogen (secondary N) is 2. The predicted molar refractivity (Wildman–Crippen MR) is 93.8 cm³/mol. The van der Waals surface area contributed by atoms with Crippen LogP contribution in [0.4, 0.5) is 0 Å². The second-order valence-corrected chi connectivity index (χ2v) is 7.08. The quantitative estimate of drug-likeness (QED) is 0.786. The fraction of sp³-hybridized carbons (Fsp3) is 0.632. The fourth-order valence-corrected chi connectivity index (χ4v) is 3.66. The second kappa shape index (κ2) is 8.94. The number of carbonyl (C=O) groups excluding carboxylic acids is 2. The van der Waals surface area contributed by atoms with E-state index in [1.807, 2.05) is 12.1 Å². The first-order chi connectivity index (χ1) is 12.2. The number of carbonyl (C=O) groups is 2. The lowest BCUT2D eigenvalue weighted by molar-refractivity contribution is -0.127. The Bertz CT molecular complexity index is 573. The number of ether oxygens (including phenoxy) is 1. The first-order valence-electron chi connectivity index (χ1n) is 9.26. The molecule has 1 aliphatic heterocycles. The van der Waals surface area contributed by atoms with Crippen molar-refractivity contribution in [2.24, 2.45) is 5.92 Å². The Balaban J connectivity index is 1.39. The highest BCUT2D eigenvalue weighted by molar-refractivity contribution is 5.84. The zero-order valence-corrected chi connectivity index (χ0v) is 14.6. The Morgan fingerprint density at radius 1 is 1.04 bits per heavy atom. The van der Waals surface area contributed by atoms with Crippen molar-refractivity contribution in [2.45, 2.75) is 57.0 Å². The molecule has 6 heteroatoms. The van der Waals surface area contributed by atoms with E-state index in [2.05, 4.69) is 15.6 Å². The molecule has 136 valence electrons. The van der Waals surface area contributed by atoms with E-state index >= 15 is 0 Å². The van der Waals surface area contributed by atoms with E-state index in [0.29, 0.717) is 19.3 Å². The first kappa shape index (κ1) is 17.9. The van der Waals surface area contributed by atoms with Crippen molar-refractivity contribution in [1.82, 2.24) is 15.6 Å². The normalized spacial score (nSPS) is 23.5. The molecule has 2 fully saturated rings. The van der Waals surface area contributed by atoms with Gasteiger partial charge in [0.05, 0.1) is 19.3 Å². The maximum Gasteiger partial charge on any atom is 0.220 e. The summed E-state index contributed by atoms with van der Waals surface area (Å²) >= 11 is 0. The highest BCUT2D eigenvalue weighted by Crippen LogP contribution is 2.19. The largest absolute Gasteiger partial charge is 0.379 e. The lowest BCUT2D eigenvalue weighted by Crippen LogP contribution is -2.41. The third-order valence-corrected chi connectivity index (χ3v) is 5.09. The minimum absolute atomic E-state index is 0.0126. The molecule has 1 saturated heterocycles.